The van der Waals surface area contributed by atoms with Crippen LogP contribution in [-0.4, -0.2) is 26.5 Å². The first kappa shape index (κ1) is 16.4. The molecule has 1 aliphatic heterocycles. The number of benzene rings is 1. The first-order valence-corrected chi connectivity index (χ1v) is 9.26. The van der Waals surface area contributed by atoms with Crippen molar-refractivity contribution in [3.63, 3.8) is 0 Å². The number of nitrogens with one attached hydrogen (secondary N) is 1. The van der Waals surface area contributed by atoms with Crippen LogP contribution in [0.4, 0.5) is 5.82 Å². The fourth-order valence-corrected chi connectivity index (χ4v) is 3.64. The van der Waals surface area contributed by atoms with E-state index < -0.39 is 10.0 Å². The zero-order valence-corrected chi connectivity index (χ0v) is 14.0. The van der Waals surface area contributed by atoms with E-state index in [4.69, 9.17) is 5.26 Å². The zero-order chi connectivity index (χ0) is 17.0. The smallest absolute Gasteiger partial charge is 0.240 e. The van der Waals surface area contributed by atoms with Gasteiger partial charge in [0.15, 0.2) is 0 Å². The van der Waals surface area contributed by atoms with Gasteiger partial charge in [-0.05, 0) is 48.7 Å². The van der Waals surface area contributed by atoms with E-state index in [0.717, 1.165) is 24.5 Å². The number of rotatable bonds is 5. The molecule has 0 bridgehead atoms. The van der Waals surface area contributed by atoms with Crippen molar-refractivity contribution in [3.8, 4) is 6.07 Å². The topological polar surface area (TPSA) is 86.1 Å². The quantitative estimate of drug-likeness (QED) is 0.898. The van der Waals surface area contributed by atoms with Crippen LogP contribution in [-0.2, 0) is 16.6 Å². The van der Waals surface area contributed by atoms with Crippen LogP contribution in [0.15, 0.2) is 47.5 Å². The summed E-state index contributed by atoms with van der Waals surface area (Å²) in [6.45, 7) is 2.23. The molecule has 0 unspecified atom stereocenters. The molecule has 0 atom stereocenters. The second-order valence-corrected chi connectivity index (χ2v) is 7.45. The summed E-state index contributed by atoms with van der Waals surface area (Å²) < 4.78 is 27.1. The van der Waals surface area contributed by atoms with E-state index in [1.54, 1.807) is 6.20 Å². The Kier molecular flexibility index (Phi) is 4.79. The molecule has 124 valence electrons. The molecule has 6 nitrogen and oxygen atoms in total. The summed E-state index contributed by atoms with van der Waals surface area (Å²) in [5.74, 6) is 0.936. The normalized spacial score (nSPS) is 14.5. The van der Waals surface area contributed by atoms with Crippen LogP contribution in [0.1, 0.15) is 24.0 Å². The highest BCUT2D eigenvalue weighted by Gasteiger charge is 2.15. The number of sulfonamides is 1. The van der Waals surface area contributed by atoms with Gasteiger partial charge in [0.2, 0.25) is 10.0 Å². The molecule has 0 spiro atoms. The Morgan fingerprint density at radius 3 is 2.42 bits per heavy atom. The SMILES string of the molecule is N#Cc1ccc(S(=O)(=O)NCc2ccc(N3CCCC3)nc2)cc1. The maximum absolute atomic E-state index is 12.3. The van der Waals surface area contributed by atoms with E-state index >= 15 is 0 Å². The highest BCUT2D eigenvalue weighted by atomic mass is 32.2. The van der Waals surface area contributed by atoms with Gasteiger partial charge in [0.1, 0.15) is 5.82 Å². The van der Waals surface area contributed by atoms with Crippen molar-refractivity contribution in [1.82, 2.24) is 9.71 Å². The van der Waals surface area contributed by atoms with Gasteiger partial charge in [0.25, 0.3) is 0 Å². The molecule has 2 heterocycles. The number of pyridine rings is 1. The zero-order valence-electron chi connectivity index (χ0n) is 13.1. The first-order valence-electron chi connectivity index (χ1n) is 7.78. The highest BCUT2D eigenvalue weighted by Crippen LogP contribution is 2.18. The maximum Gasteiger partial charge on any atom is 0.240 e. The largest absolute Gasteiger partial charge is 0.357 e. The third-order valence-corrected chi connectivity index (χ3v) is 5.42. The van der Waals surface area contributed by atoms with Gasteiger partial charge in [-0.15, -0.1) is 0 Å². The molecule has 7 heteroatoms. The van der Waals surface area contributed by atoms with Crippen molar-refractivity contribution in [3.05, 3.63) is 53.7 Å². The van der Waals surface area contributed by atoms with Gasteiger partial charge in [-0.1, -0.05) is 6.07 Å². The molecular formula is C17H18N4O2S. The molecule has 1 aromatic carbocycles. The predicted molar refractivity (Wildman–Crippen MR) is 90.9 cm³/mol. The predicted octanol–water partition coefficient (Wildman–Crippen LogP) is 2.03. The van der Waals surface area contributed by atoms with Crippen molar-refractivity contribution >= 4 is 15.8 Å². The van der Waals surface area contributed by atoms with Gasteiger partial charge < -0.3 is 4.90 Å². The molecular weight excluding hydrogens is 324 g/mol. The Hall–Kier alpha value is -2.43. The van der Waals surface area contributed by atoms with Crippen LogP contribution in [0.5, 0.6) is 0 Å². The summed E-state index contributed by atoms with van der Waals surface area (Å²) in [6, 6.07) is 11.6. The monoisotopic (exact) mass is 342 g/mol. The van der Waals surface area contributed by atoms with Gasteiger partial charge in [-0.2, -0.15) is 5.26 Å². The van der Waals surface area contributed by atoms with Crippen molar-refractivity contribution in [2.24, 2.45) is 0 Å². The second-order valence-electron chi connectivity index (χ2n) is 5.68. The Bertz CT molecular complexity index is 834. The average molecular weight is 342 g/mol. The van der Waals surface area contributed by atoms with Gasteiger partial charge >= 0.3 is 0 Å². The van der Waals surface area contributed by atoms with E-state index in [1.165, 1.54) is 37.1 Å². The minimum absolute atomic E-state index is 0.142. The molecule has 2 aromatic rings. The van der Waals surface area contributed by atoms with Crippen molar-refractivity contribution in [1.29, 1.82) is 5.26 Å². The summed E-state index contributed by atoms with van der Waals surface area (Å²) in [5, 5.41) is 8.76. The molecule has 0 saturated carbocycles. The van der Waals surface area contributed by atoms with E-state index in [-0.39, 0.29) is 11.4 Å². The molecule has 0 radical (unpaired) electrons. The number of nitrogens with zero attached hydrogens (tertiary/aromatic N) is 3. The summed E-state index contributed by atoms with van der Waals surface area (Å²) in [6.07, 6.45) is 4.08. The van der Waals surface area contributed by atoms with Gasteiger partial charge in [-0.3, -0.25) is 0 Å². The Morgan fingerprint density at radius 2 is 1.83 bits per heavy atom. The highest BCUT2D eigenvalue weighted by molar-refractivity contribution is 7.89. The number of hydrogen-bond donors (Lipinski definition) is 1. The van der Waals surface area contributed by atoms with Crippen LogP contribution >= 0.6 is 0 Å². The lowest BCUT2D eigenvalue weighted by Crippen LogP contribution is -2.23. The third kappa shape index (κ3) is 3.72. The fraction of sp³-hybridized carbons (Fsp3) is 0.294. The molecule has 1 aromatic heterocycles. The lowest BCUT2D eigenvalue weighted by molar-refractivity contribution is 0.581. The van der Waals surface area contributed by atoms with Crippen LogP contribution in [0, 0.1) is 11.3 Å². The minimum atomic E-state index is -3.61. The van der Waals surface area contributed by atoms with Gasteiger partial charge in [0, 0.05) is 25.8 Å². The molecule has 0 aliphatic carbocycles. The standard InChI is InChI=1S/C17H18N4O2S/c18-11-14-3-6-16(7-4-14)24(22,23)20-13-15-5-8-17(19-12-15)21-9-1-2-10-21/h3-8,12,20H,1-2,9-10,13H2. The lowest BCUT2D eigenvalue weighted by Gasteiger charge is -2.16. The van der Waals surface area contributed by atoms with E-state index in [1.807, 2.05) is 18.2 Å². The lowest BCUT2D eigenvalue weighted by atomic mass is 10.2. The van der Waals surface area contributed by atoms with E-state index in [0.29, 0.717) is 5.56 Å². The molecule has 1 fully saturated rings. The Morgan fingerprint density at radius 1 is 1.12 bits per heavy atom. The fourth-order valence-electron chi connectivity index (χ4n) is 2.62. The summed E-state index contributed by atoms with van der Waals surface area (Å²) in [7, 11) is -3.61. The molecule has 1 aliphatic rings. The number of aromatic nitrogens is 1. The maximum atomic E-state index is 12.3. The number of anilines is 1. The van der Waals surface area contributed by atoms with E-state index in [2.05, 4.69) is 14.6 Å². The van der Waals surface area contributed by atoms with Gasteiger partial charge in [-0.25, -0.2) is 18.1 Å². The second kappa shape index (κ2) is 6.99. The summed E-state index contributed by atoms with van der Waals surface area (Å²) in [4.78, 5) is 6.78. The van der Waals surface area contributed by atoms with Crippen molar-refractivity contribution in [2.75, 3.05) is 18.0 Å². The summed E-state index contributed by atoms with van der Waals surface area (Å²) in [5.41, 5.74) is 1.23. The Balaban J connectivity index is 1.64. The van der Waals surface area contributed by atoms with Gasteiger partial charge in [0.05, 0.1) is 16.5 Å². The molecule has 1 saturated heterocycles. The number of hydrogen-bond acceptors (Lipinski definition) is 5. The minimum Gasteiger partial charge on any atom is -0.357 e. The van der Waals surface area contributed by atoms with E-state index in [9.17, 15) is 8.42 Å². The first-order chi connectivity index (χ1) is 11.6. The van der Waals surface area contributed by atoms with Crippen molar-refractivity contribution < 1.29 is 8.42 Å². The molecule has 1 N–H and O–H groups in total. The van der Waals surface area contributed by atoms with Crippen LogP contribution in [0.25, 0.3) is 0 Å². The number of nitriles is 1. The Labute approximate surface area is 141 Å². The van der Waals surface area contributed by atoms with Crippen LogP contribution in [0.3, 0.4) is 0 Å². The van der Waals surface area contributed by atoms with Crippen LogP contribution < -0.4 is 9.62 Å². The summed E-state index contributed by atoms with van der Waals surface area (Å²) >= 11 is 0. The third-order valence-electron chi connectivity index (χ3n) is 4.00. The van der Waals surface area contributed by atoms with Crippen molar-refractivity contribution in [2.45, 2.75) is 24.3 Å². The molecule has 0 amide bonds. The molecule has 3 rings (SSSR count). The average Bonchev–Trinajstić information content (AvgIpc) is 3.15. The van der Waals surface area contributed by atoms with Crippen LogP contribution in [0.2, 0.25) is 0 Å². The molecule has 24 heavy (non-hydrogen) atoms.